The van der Waals surface area contributed by atoms with Gasteiger partial charge in [-0.1, -0.05) is 66.7 Å². The van der Waals surface area contributed by atoms with E-state index in [4.69, 9.17) is 4.74 Å². The number of carbonyl (C=O) groups excluding carboxylic acids is 2. The molecule has 0 bridgehead atoms. The van der Waals surface area contributed by atoms with Gasteiger partial charge in [0.25, 0.3) is 0 Å². The average molecular weight is 408 g/mol. The Morgan fingerprint density at radius 1 is 0.839 bits per heavy atom. The molecule has 0 saturated carbocycles. The molecule has 1 amide bonds. The largest absolute Gasteiger partial charge is 0.435 e. The number of benzene rings is 4. The van der Waals surface area contributed by atoms with Crippen LogP contribution in [0.25, 0.3) is 10.8 Å². The lowest BCUT2D eigenvalue weighted by molar-refractivity contribution is 0.0763. The van der Waals surface area contributed by atoms with E-state index in [2.05, 4.69) is 5.32 Å². The predicted octanol–water partition coefficient (Wildman–Crippen LogP) is 5.79. The van der Waals surface area contributed by atoms with Crippen molar-refractivity contribution in [3.63, 3.8) is 0 Å². The summed E-state index contributed by atoms with van der Waals surface area (Å²) in [5, 5.41) is 5.25. The van der Waals surface area contributed by atoms with Gasteiger partial charge in [-0.25, -0.2) is 4.79 Å². The Balaban J connectivity index is 1.42. The summed E-state index contributed by atoms with van der Waals surface area (Å²) in [6.07, 6.45) is -1.38. The van der Waals surface area contributed by atoms with Crippen molar-refractivity contribution in [2.45, 2.75) is 6.10 Å². The van der Waals surface area contributed by atoms with Crippen molar-refractivity contribution in [1.82, 2.24) is 0 Å². The molecule has 5 heteroatoms. The SMILES string of the molecule is O=C(c1ccccc1Nc1ccccc1)C1CN(c2cccc3ccccc23)C(=O)O1. The third-order valence-electron chi connectivity index (χ3n) is 5.41. The van der Waals surface area contributed by atoms with Crippen molar-refractivity contribution in [1.29, 1.82) is 0 Å². The Bertz CT molecular complexity index is 1260. The number of hydrogen-bond acceptors (Lipinski definition) is 4. The van der Waals surface area contributed by atoms with Crippen molar-refractivity contribution in [3.8, 4) is 0 Å². The molecule has 4 aromatic rings. The zero-order valence-electron chi connectivity index (χ0n) is 16.7. The van der Waals surface area contributed by atoms with Crippen LogP contribution in [0.5, 0.6) is 0 Å². The number of rotatable bonds is 5. The first-order valence-electron chi connectivity index (χ1n) is 10.1. The first-order valence-corrected chi connectivity index (χ1v) is 10.1. The van der Waals surface area contributed by atoms with Crippen LogP contribution in [-0.4, -0.2) is 24.5 Å². The maximum absolute atomic E-state index is 13.3. The second-order valence-electron chi connectivity index (χ2n) is 7.38. The summed E-state index contributed by atoms with van der Waals surface area (Å²) in [5.41, 5.74) is 2.79. The smallest absolute Gasteiger partial charge is 0.415 e. The van der Waals surface area contributed by atoms with Crippen LogP contribution in [0.15, 0.2) is 97.1 Å². The van der Waals surface area contributed by atoms with Crippen LogP contribution >= 0.6 is 0 Å². The summed E-state index contributed by atoms with van der Waals surface area (Å²) in [7, 11) is 0. The maximum atomic E-state index is 13.3. The van der Waals surface area contributed by atoms with E-state index in [1.54, 1.807) is 6.07 Å². The molecule has 152 valence electrons. The molecule has 5 nitrogen and oxygen atoms in total. The van der Waals surface area contributed by atoms with E-state index in [-0.39, 0.29) is 12.3 Å². The molecule has 31 heavy (non-hydrogen) atoms. The van der Waals surface area contributed by atoms with Crippen LogP contribution in [0.2, 0.25) is 0 Å². The molecule has 1 fully saturated rings. The fourth-order valence-electron chi connectivity index (χ4n) is 3.90. The molecule has 1 N–H and O–H groups in total. The molecule has 1 atom stereocenters. The van der Waals surface area contributed by atoms with Gasteiger partial charge in [0.05, 0.1) is 12.2 Å². The normalized spacial score (nSPS) is 15.7. The summed E-state index contributed by atoms with van der Waals surface area (Å²) in [6, 6.07) is 30.5. The molecule has 0 aromatic heterocycles. The van der Waals surface area contributed by atoms with E-state index < -0.39 is 12.2 Å². The minimum Gasteiger partial charge on any atom is -0.435 e. The first-order chi connectivity index (χ1) is 15.2. The Hall–Kier alpha value is -4.12. The minimum atomic E-state index is -0.870. The highest BCUT2D eigenvalue weighted by atomic mass is 16.6. The number of Topliss-reactive ketones (excluding diaryl/α,β-unsaturated/α-hetero) is 1. The van der Waals surface area contributed by atoms with Crippen molar-refractivity contribution < 1.29 is 14.3 Å². The Labute approximate surface area is 179 Å². The quantitative estimate of drug-likeness (QED) is 0.425. The van der Waals surface area contributed by atoms with E-state index in [1.165, 1.54) is 4.90 Å². The van der Waals surface area contributed by atoms with E-state index in [0.717, 1.165) is 22.1 Å². The number of para-hydroxylation sites is 2. The van der Waals surface area contributed by atoms with Crippen molar-refractivity contribution >= 4 is 39.7 Å². The summed E-state index contributed by atoms with van der Waals surface area (Å²) in [6.45, 7) is 0.172. The number of fused-ring (bicyclic) bond motifs is 1. The van der Waals surface area contributed by atoms with Crippen LogP contribution in [0.4, 0.5) is 21.9 Å². The molecule has 4 aromatic carbocycles. The maximum Gasteiger partial charge on any atom is 0.415 e. The number of nitrogens with one attached hydrogen (secondary N) is 1. The standard InChI is InChI=1S/C26H20N2O3/c29-25(21-14-6-7-15-22(21)27-19-11-2-1-3-12-19)24-17-28(26(30)31-24)23-16-8-10-18-9-4-5-13-20(18)23/h1-16,24,27H,17H2. The highest BCUT2D eigenvalue weighted by molar-refractivity contribution is 6.09. The Kier molecular flexibility index (Phi) is 4.84. The minimum absolute atomic E-state index is 0.172. The number of nitrogens with zero attached hydrogens (tertiary/aromatic N) is 1. The summed E-state index contributed by atoms with van der Waals surface area (Å²) in [5.74, 6) is -0.227. The molecular weight excluding hydrogens is 388 g/mol. The number of amides is 1. The molecule has 1 unspecified atom stereocenters. The second kappa shape index (κ2) is 7.95. The van der Waals surface area contributed by atoms with Gasteiger partial charge in [0.15, 0.2) is 6.10 Å². The number of ketones is 1. The van der Waals surface area contributed by atoms with Gasteiger partial charge in [0, 0.05) is 22.3 Å². The van der Waals surface area contributed by atoms with Gasteiger partial charge >= 0.3 is 6.09 Å². The molecular formula is C26H20N2O3. The highest BCUT2D eigenvalue weighted by Crippen LogP contribution is 2.31. The number of carbonyl (C=O) groups is 2. The Morgan fingerprint density at radius 3 is 2.42 bits per heavy atom. The number of anilines is 3. The van der Waals surface area contributed by atoms with E-state index in [9.17, 15) is 9.59 Å². The Morgan fingerprint density at radius 2 is 1.55 bits per heavy atom. The van der Waals surface area contributed by atoms with Gasteiger partial charge in [-0.15, -0.1) is 0 Å². The van der Waals surface area contributed by atoms with Crippen LogP contribution in [0.1, 0.15) is 10.4 Å². The van der Waals surface area contributed by atoms with Crippen LogP contribution in [0, 0.1) is 0 Å². The third-order valence-corrected chi connectivity index (χ3v) is 5.41. The molecule has 1 heterocycles. The summed E-state index contributed by atoms with van der Waals surface area (Å²) < 4.78 is 5.51. The van der Waals surface area contributed by atoms with E-state index in [0.29, 0.717) is 11.3 Å². The molecule has 5 rings (SSSR count). The lowest BCUT2D eigenvalue weighted by Crippen LogP contribution is -2.28. The molecule has 0 spiro atoms. The predicted molar refractivity (Wildman–Crippen MR) is 122 cm³/mol. The van der Waals surface area contributed by atoms with Gasteiger partial charge in [0.1, 0.15) is 0 Å². The molecule has 0 radical (unpaired) electrons. The van der Waals surface area contributed by atoms with Crippen LogP contribution in [-0.2, 0) is 4.74 Å². The number of hydrogen-bond donors (Lipinski definition) is 1. The van der Waals surface area contributed by atoms with Crippen LogP contribution < -0.4 is 10.2 Å². The van der Waals surface area contributed by atoms with Crippen molar-refractivity contribution in [3.05, 3.63) is 103 Å². The van der Waals surface area contributed by atoms with E-state index >= 15 is 0 Å². The van der Waals surface area contributed by atoms with Gasteiger partial charge in [-0.2, -0.15) is 0 Å². The lowest BCUT2D eigenvalue weighted by Gasteiger charge is -2.16. The van der Waals surface area contributed by atoms with Gasteiger partial charge in [-0.05, 0) is 35.7 Å². The monoisotopic (exact) mass is 408 g/mol. The van der Waals surface area contributed by atoms with Crippen molar-refractivity contribution in [2.75, 3.05) is 16.8 Å². The highest BCUT2D eigenvalue weighted by Gasteiger charge is 2.38. The fourth-order valence-corrected chi connectivity index (χ4v) is 3.90. The first kappa shape index (κ1) is 18.9. The van der Waals surface area contributed by atoms with Crippen LogP contribution in [0.3, 0.4) is 0 Å². The zero-order chi connectivity index (χ0) is 21.2. The lowest BCUT2D eigenvalue weighted by atomic mass is 10.0. The van der Waals surface area contributed by atoms with Crippen molar-refractivity contribution in [2.24, 2.45) is 0 Å². The zero-order valence-corrected chi connectivity index (χ0v) is 16.7. The average Bonchev–Trinajstić information content (AvgIpc) is 3.20. The number of cyclic esters (lactones) is 1. The van der Waals surface area contributed by atoms with Gasteiger partial charge in [-0.3, -0.25) is 9.69 Å². The third kappa shape index (κ3) is 3.62. The van der Waals surface area contributed by atoms with Gasteiger partial charge in [0.2, 0.25) is 5.78 Å². The fraction of sp³-hybridized carbons (Fsp3) is 0.0769. The summed E-state index contributed by atoms with van der Waals surface area (Å²) in [4.78, 5) is 27.5. The number of ether oxygens (including phenoxy) is 1. The molecule has 1 saturated heterocycles. The molecule has 1 aliphatic rings. The van der Waals surface area contributed by atoms with Gasteiger partial charge < -0.3 is 10.1 Å². The van der Waals surface area contributed by atoms with E-state index in [1.807, 2.05) is 91.0 Å². The second-order valence-corrected chi connectivity index (χ2v) is 7.38. The molecule has 1 aliphatic heterocycles. The summed E-state index contributed by atoms with van der Waals surface area (Å²) >= 11 is 0. The molecule has 0 aliphatic carbocycles. The topological polar surface area (TPSA) is 58.6 Å².